The van der Waals surface area contributed by atoms with Crippen molar-refractivity contribution in [1.82, 2.24) is 4.98 Å². The van der Waals surface area contributed by atoms with Crippen molar-refractivity contribution in [2.75, 3.05) is 4.72 Å². The molecule has 9 heteroatoms. The number of aromatic amines is 1. The Balaban J connectivity index is 1.92. The maximum Gasteiger partial charge on any atom is 0.263 e. The van der Waals surface area contributed by atoms with Crippen molar-refractivity contribution in [3.8, 4) is 17.3 Å². The maximum atomic E-state index is 13.9. The SMILES string of the molecule is N#Cc1ccc(NS(=O)(=O)c2c[nH]c(-c3ccc(F)cc3Cl)c2)c(F)c1. The molecule has 1 heterocycles. The molecule has 0 atom stereocenters. The van der Waals surface area contributed by atoms with Gasteiger partial charge in [0.25, 0.3) is 10.0 Å². The summed E-state index contributed by atoms with van der Waals surface area (Å²) in [5.41, 5.74) is 0.557. The largest absolute Gasteiger partial charge is 0.360 e. The number of aromatic nitrogens is 1. The van der Waals surface area contributed by atoms with Crippen LogP contribution < -0.4 is 4.72 Å². The van der Waals surface area contributed by atoms with Gasteiger partial charge in [-0.25, -0.2) is 17.2 Å². The van der Waals surface area contributed by atoms with Gasteiger partial charge in [0.15, 0.2) is 0 Å². The van der Waals surface area contributed by atoms with Crippen LogP contribution in [0.2, 0.25) is 5.02 Å². The Morgan fingerprint density at radius 3 is 2.54 bits per heavy atom. The number of hydrogen-bond acceptors (Lipinski definition) is 3. The third kappa shape index (κ3) is 3.54. The number of H-pyrrole nitrogens is 1. The summed E-state index contributed by atoms with van der Waals surface area (Å²) in [5, 5.41) is 8.83. The minimum absolute atomic E-state index is 0.0698. The molecule has 0 aliphatic carbocycles. The smallest absolute Gasteiger partial charge is 0.263 e. The van der Waals surface area contributed by atoms with E-state index in [0.29, 0.717) is 11.3 Å². The molecule has 5 nitrogen and oxygen atoms in total. The molecule has 132 valence electrons. The fourth-order valence-corrected chi connectivity index (χ4v) is 3.59. The van der Waals surface area contributed by atoms with E-state index >= 15 is 0 Å². The van der Waals surface area contributed by atoms with E-state index in [-0.39, 0.29) is 21.2 Å². The molecule has 0 fully saturated rings. The van der Waals surface area contributed by atoms with Crippen LogP contribution in [0.3, 0.4) is 0 Å². The Morgan fingerprint density at radius 1 is 1.12 bits per heavy atom. The van der Waals surface area contributed by atoms with Gasteiger partial charge in [-0.05, 0) is 42.5 Å². The summed E-state index contributed by atoms with van der Waals surface area (Å²) in [7, 11) is -4.08. The fourth-order valence-electron chi connectivity index (χ4n) is 2.26. The highest BCUT2D eigenvalue weighted by Crippen LogP contribution is 2.30. The van der Waals surface area contributed by atoms with Gasteiger partial charge in [0.2, 0.25) is 0 Å². The van der Waals surface area contributed by atoms with Crippen molar-refractivity contribution >= 4 is 27.3 Å². The normalized spacial score (nSPS) is 11.2. The molecule has 0 saturated heterocycles. The minimum Gasteiger partial charge on any atom is -0.360 e. The zero-order chi connectivity index (χ0) is 18.9. The first kappa shape index (κ1) is 17.9. The Labute approximate surface area is 152 Å². The average Bonchev–Trinajstić information content (AvgIpc) is 3.07. The van der Waals surface area contributed by atoms with Gasteiger partial charge in [0.05, 0.1) is 22.3 Å². The summed E-state index contributed by atoms with van der Waals surface area (Å²) >= 11 is 5.97. The van der Waals surface area contributed by atoms with Crippen molar-refractivity contribution < 1.29 is 17.2 Å². The number of nitrogens with zero attached hydrogens (tertiary/aromatic N) is 1. The topological polar surface area (TPSA) is 85.8 Å². The lowest BCUT2D eigenvalue weighted by Crippen LogP contribution is -2.13. The van der Waals surface area contributed by atoms with Gasteiger partial charge in [0.1, 0.15) is 16.5 Å². The molecule has 26 heavy (non-hydrogen) atoms. The molecule has 0 bridgehead atoms. The van der Waals surface area contributed by atoms with E-state index < -0.39 is 21.7 Å². The summed E-state index contributed by atoms with van der Waals surface area (Å²) in [6.45, 7) is 0. The van der Waals surface area contributed by atoms with Crippen molar-refractivity contribution in [1.29, 1.82) is 5.26 Å². The first-order valence-electron chi connectivity index (χ1n) is 7.16. The van der Waals surface area contributed by atoms with Crippen molar-refractivity contribution in [2.45, 2.75) is 4.90 Å². The quantitative estimate of drug-likeness (QED) is 0.693. The van der Waals surface area contributed by atoms with Crippen LogP contribution in [0, 0.1) is 23.0 Å². The molecule has 0 saturated carbocycles. The van der Waals surface area contributed by atoms with E-state index in [2.05, 4.69) is 9.71 Å². The Hall–Kier alpha value is -2.89. The monoisotopic (exact) mass is 393 g/mol. The van der Waals surface area contributed by atoms with Crippen LogP contribution in [0.5, 0.6) is 0 Å². The number of nitriles is 1. The lowest BCUT2D eigenvalue weighted by molar-refractivity contribution is 0.598. The molecular formula is C17H10ClF2N3O2S. The summed E-state index contributed by atoms with van der Waals surface area (Å²) < 4.78 is 54.0. The van der Waals surface area contributed by atoms with Gasteiger partial charge < -0.3 is 4.98 Å². The predicted octanol–water partition coefficient (Wildman–Crippen LogP) is 4.29. The standard InChI is InChI=1S/C17H10ClF2N3O2S/c18-14-6-11(19)2-3-13(14)17-7-12(9-22-17)26(24,25)23-16-4-1-10(8-21)5-15(16)20/h1-7,9,22-23H. The number of anilines is 1. The van der Waals surface area contributed by atoms with Gasteiger partial charge in [-0.3, -0.25) is 4.72 Å². The summed E-state index contributed by atoms with van der Waals surface area (Å²) in [5.74, 6) is -1.39. The molecule has 0 unspecified atom stereocenters. The van der Waals surface area contributed by atoms with Crippen LogP contribution in [0.15, 0.2) is 53.6 Å². The van der Waals surface area contributed by atoms with Crippen molar-refractivity contribution in [3.63, 3.8) is 0 Å². The van der Waals surface area contributed by atoms with Gasteiger partial charge in [0, 0.05) is 17.5 Å². The zero-order valence-electron chi connectivity index (χ0n) is 12.9. The van der Waals surface area contributed by atoms with E-state index in [1.54, 1.807) is 6.07 Å². The number of hydrogen-bond donors (Lipinski definition) is 2. The van der Waals surface area contributed by atoms with Crippen LogP contribution in [-0.4, -0.2) is 13.4 Å². The lowest BCUT2D eigenvalue weighted by atomic mass is 10.1. The number of nitrogens with one attached hydrogen (secondary N) is 2. The molecule has 0 aliphatic rings. The highest BCUT2D eigenvalue weighted by atomic mass is 35.5. The molecule has 0 spiro atoms. The van der Waals surface area contributed by atoms with E-state index in [4.69, 9.17) is 16.9 Å². The van der Waals surface area contributed by atoms with E-state index in [1.165, 1.54) is 30.5 Å². The molecule has 0 radical (unpaired) electrons. The minimum atomic E-state index is -4.08. The number of sulfonamides is 1. The second-order valence-corrected chi connectivity index (χ2v) is 7.37. The Morgan fingerprint density at radius 2 is 1.88 bits per heavy atom. The van der Waals surface area contributed by atoms with E-state index in [0.717, 1.165) is 18.2 Å². The van der Waals surface area contributed by atoms with Crippen LogP contribution in [0.4, 0.5) is 14.5 Å². The fraction of sp³-hybridized carbons (Fsp3) is 0. The molecule has 3 aromatic rings. The Kier molecular flexibility index (Phi) is 4.68. The maximum absolute atomic E-state index is 13.9. The number of benzene rings is 2. The second-order valence-electron chi connectivity index (χ2n) is 5.29. The molecule has 0 amide bonds. The average molecular weight is 394 g/mol. The van der Waals surface area contributed by atoms with Crippen LogP contribution in [0.1, 0.15) is 5.56 Å². The first-order valence-corrected chi connectivity index (χ1v) is 9.02. The highest BCUT2D eigenvalue weighted by molar-refractivity contribution is 7.92. The summed E-state index contributed by atoms with van der Waals surface area (Å²) in [6, 6.07) is 10.2. The van der Waals surface area contributed by atoms with Crippen LogP contribution >= 0.6 is 11.6 Å². The first-order chi connectivity index (χ1) is 12.3. The predicted molar refractivity (Wildman–Crippen MR) is 93.1 cm³/mol. The molecule has 2 aromatic carbocycles. The zero-order valence-corrected chi connectivity index (χ0v) is 14.5. The van der Waals surface area contributed by atoms with Crippen LogP contribution in [0.25, 0.3) is 11.3 Å². The van der Waals surface area contributed by atoms with E-state index in [1.807, 2.05) is 0 Å². The lowest BCUT2D eigenvalue weighted by Gasteiger charge is -2.07. The molecule has 3 rings (SSSR count). The summed E-state index contributed by atoms with van der Waals surface area (Å²) in [6.07, 6.45) is 1.21. The highest BCUT2D eigenvalue weighted by Gasteiger charge is 2.19. The summed E-state index contributed by atoms with van der Waals surface area (Å²) in [4.78, 5) is 2.59. The molecule has 0 aliphatic heterocycles. The third-order valence-corrected chi connectivity index (χ3v) is 5.19. The number of rotatable bonds is 4. The van der Waals surface area contributed by atoms with Crippen molar-refractivity contribution in [2.24, 2.45) is 0 Å². The molecule has 2 N–H and O–H groups in total. The van der Waals surface area contributed by atoms with Gasteiger partial charge in [-0.2, -0.15) is 5.26 Å². The second kappa shape index (κ2) is 6.78. The van der Waals surface area contributed by atoms with Crippen molar-refractivity contribution in [3.05, 3.63) is 70.9 Å². The van der Waals surface area contributed by atoms with Gasteiger partial charge in [-0.1, -0.05) is 11.6 Å². The molecule has 1 aromatic heterocycles. The van der Waals surface area contributed by atoms with Gasteiger partial charge in [-0.15, -0.1) is 0 Å². The third-order valence-electron chi connectivity index (χ3n) is 3.53. The van der Waals surface area contributed by atoms with Gasteiger partial charge >= 0.3 is 0 Å². The number of halogens is 3. The Bertz CT molecular complexity index is 1140. The van der Waals surface area contributed by atoms with Crippen LogP contribution in [-0.2, 0) is 10.0 Å². The molecular weight excluding hydrogens is 384 g/mol. The van der Waals surface area contributed by atoms with E-state index in [9.17, 15) is 17.2 Å².